The lowest BCUT2D eigenvalue weighted by Gasteiger charge is -2.07. The maximum atomic E-state index is 12.5. The largest absolute Gasteiger partial charge is 0.347 e. The van der Waals surface area contributed by atoms with E-state index in [1.54, 1.807) is 12.3 Å². The van der Waals surface area contributed by atoms with E-state index < -0.39 is 0 Å². The third-order valence-corrected chi connectivity index (χ3v) is 4.52. The number of pyridine rings is 1. The van der Waals surface area contributed by atoms with Crippen molar-refractivity contribution in [2.75, 3.05) is 5.32 Å². The summed E-state index contributed by atoms with van der Waals surface area (Å²) in [6.45, 7) is 5.40. The molecule has 0 bridgehead atoms. The molecule has 0 aliphatic carbocycles. The number of benzene rings is 1. The predicted octanol–water partition coefficient (Wildman–Crippen LogP) is 4.92. The first-order chi connectivity index (χ1) is 12.0. The van der Waals surface area contributed by atoms with Crippen molar-refractivity contribution in [3.8, 4) is 0 Å². The summed E-state index contributed by atoms with van der Waals surface area (Å²) in [6, 6.07) is 9.93. The Morgan fingerprint density at radius 3 is 2.84 bits per heavy atom. The first-order valence-corrected chi connectivity index (χ1v) is 8.88. The highest BCUT2D eigenvalue weighted by atomic mass is 35.5. The number of anilines is 1. The summed E-state index contributed by atoms with van der Waals surface area (Å²) in [6.07, 6.45) is 6.65. The summed E-state index contributed by atoms with van der Waals surface area (Å²) in [5, 5.41) is 4.43. The van der Waals surface area contributed by atoms with E-state index in [1.807, 2.05) is 12.1 Å². The summed E-state index contributed by atoms with van der Waals surface area (Å²) in [7, 11) is 0. The molecule has 0 saturated carbocycles. The van der Waals surface area contributed by atoms with Gasteiger partial charge < -0.3 is 9.88 Å². The zero-order chi connectivity index (χ0) is 17.8. The van der Waals surface area contributed by atoms with Crippen LogP contribution in [0.25, 0.3) is 10.9 Å². The highest BCUT2D eigenvalue weighted by molar-refractivity contribution is 6.33. The topological polar surface area (TPSA) is 46.9 Å². The van der Waals surface area contributed by atoms with Crippen LogP contribution in [0.1, 0.15) is 25.8 Å². The molecule has 0 fully saturated rings. The summed E-state index contributed by atoms with van der Waals surface area (Å²) >= 11 is 6.06. The van der Waals surface area contributed by atoms with Crippen LogP contribution in [-0.4, -0.2) is 15.5 Å². The number of nitrogens with one attached hydrogen (secondary N) is 1. The summed E-state index contributed by atoms with van der Waals surface area (Å²) < 4.78 is 2.25. The van der Waals surface area contributed by atoms with Crippen LogP contribution in [0.4, 0.5) is 5.69 Å². The average Bonchev–Trinajstić information content (AvgIpc) is 2.93. The van der Waals surface area contributed by atoms with Gasteiger partial charge >= 0.3 is 0 Å². The summed E-state index contributed by atoms with van der Waals surface area (Å²) in [4.78, 5) is 16.4. The first-order valence-electron chi connectivity index (χ1n) is 8.50. The highest BCUT2D eigenvalue weighted by Gasteiger charge is 2.13. The van der Waals surface area contributed by atoms with E-state index in [9.17, 15) is 4.79 Å². The molecule has 0 aliphatic heterocycles. The molecule has 1 aromatic carbocycles. The maximum absolute atomic E-state index is 12.5. The van der Waals surface area contributed by atoms with Crippen molar-refractivity contribution in [3.05, 3.63) is 59.5 Å². The lowest BCUT2D eigenvalue weighted by atomic mass is 10.1. The molecule has 25 heavy (non-hydrogen) atoms. The number of rotatable bonds is 6. The number of hydrogen-bond acceptors (Lipinski definition) is 2. The van der Waals surface area contributed by atoms with Gasteiger partial charge in [-0.3, -0.25) is 9.78 Å². The maximum Gasteiger partial charge on any atom is 0.228 e. The fourth-order valence-electron chi connectivity index (χ4n) is 2.89. The van der Waals surface area contributed by atoms with Crippen LogP contribution in [0, 0.1) is 5.92 Å². The van der Waals surface area contributed by atoms with E-state index in [4.69, 9.17) is 11.6 Å². The Morgan fingerprint density at radius 2 is 2.08 bits per heavy atom. The third kappa shape index (κ3) is 4.20. The zero-order valence-electron chi connectivity index (χ0n) is 14.5. The molecule has 0 atom stereocenters. The molecular formula is C20H22ClN3O. The van der Waals surface area contributed by atoms with Gasteiger partial charge in [0.2, 0.25) is 5.91 Å². The van der Waals surface area contributed by atoms with Crippen molar-refractivity contribution >= 4 is 34.1 Å². The van der Waals surface area contributed by atoms with Crippen LogP contribution < -0.4 is 5.32 Å². The minimum absolute atomic E-state index is 0.0835. The Hall–Kier alpha value is -2.33. The number of fused-ring (bicyclic) bond motifs is 1. The number of halogens is 1. The van der Waals surface area contributed by atoms with E-state index in [-0.39, 0.29) is 5.91 Å². The van der Waals surface area contributed by atoms with Gasteiger partial charge in [0, 0.05) is 36.0 Å². The van der Waals surface area contributed by atoms with Crippen LogP contribution in [-0.2, 0) is 17.8 Å². The highest BCUT2D eigenvalue weighted by Crippen LogP contribution is 2.24. The predicted molar refractivity (Wildman–Crippen MR) is 103 cm³/mol. The molecule has 1 amide bonds. The lowest BCUT2D eigenvalue weighted by Crippen LogP contribution is -2.14. The number of carbonyl (C=O) groups is 1. The minimum Gasteiger partial charge on any atom is -0.347 e. The number of para-hydroxylation sites is 1. The summed E-state index contributed by atoms with van der Waals surface area (Å²) in [5.74, 6) is 0.557. The fraction of sp³-hybridized carbons (Fsp3) is 0.300. The van der Waals surface area contributed by atoms with Gasteiger partial charge in [-0.1, -0.05) is 43.6 Å². The van der Waals surface area contributed by atoms with Crippen LogP contribution >= 0.6 is 11.6 Å². The second kappa shape index (κ2) is 7.70. The Morgan fingerprint density at radius 1 is 1.28 bits per heavy atom. The van der Waals surface area contributed by atoms with E-state index >= 15 is 0 Å². The van der Waals surface area contributed by atoms with Crippen LogP contribution in [0.3, 0.4) is 0 Å². The number of aromatic nitrogens is 2. The standard InChI is InChI=1S/C20H22ClN3O/c1-14(2)8-10-24-13-15(16-5-3-4-6-19(16)24)11-20(25)23-18-7-9-22-12-17(18)21/h3-7,9,12-14H,8,10-11H2,1-2H3,(H,22,23,25). The van der Waals surface area contributed by atoms with E-state index in [2.05, 4.69) is 47.0 Å². The molecule has 5 heteroatoms. The number of carbonyl (C=O) groups excluding carboxylic acids is 1. The number of nitrogens with zero attached hydrogens (tertiary/aromatic N) is 2. The number of aryl methyl sites for hydroxylation is 1. The third-order valence-electron chi connectivity index (χ3n) is 4.22. The smallest absolute Gasteiger partial charge is 0.228 e. The van der Waals surface area contributed by atoms with Crippen LogP contribution in [0.15, 0.2) is 48.9 Å². The quantitative estimate of drug-likeness (QED) is 0.682. The van der Waals surface area contributed by atoms with Gasteiger partial charge in [0.15, 0.2) is 0 Å². The molecule has 0 saturated heterocycles. The van der Waals surface area contributed by atoms with E-state index in [1.165, 1.54) is 11.7 Å². The van der Waals surface area contributed by atoms with Crippen molar-refractivity contribution < 1.29 is 4.79 Å². The normalized spacial score (nSPS) is 11.2. The van der Waals surface area contributed by atoms with Crippen LogP contribution in [0.2, 0.25) is 5.02 Å². The fourth-order valence-corrected chi connectivity index (χ4v) is 3.06. The van der Waals surface area contributed by atoms with Crippen molar-refractivity contribution in [3.63, 3.8) is 0 Å². The molecule has 4 nitrogen and oxygen atoms in total. The van der Waals surface area contributed by atoms with E-state index in [0.29, 0.717) is 23.0 Å². The molecular weight excluding hydrogens is 334 g/mol. The Balaban J connectivity index is 1.81. The first kappa shape index (κ1) is 17.5. The number of amides is 1. The minimum atomic E-state index is -0.0835. The Bertz CT molecular complexity index is 886. The molecule has 0 spiro atoms. The monoisotopic (exact) mass is 355 g/mol. The second-order valence-corrected chi connectivity index (χ2v) is 7.04. The number of hydrogen-bond donors (Lipinski definition) is 1. The lowest BCUT2D eigenvalue weighted by molar-refractivity contribution is -0.115. The van der Waals surface area contributed by atoms with Crippen molar-refractivity contribution in [2.45, 2.75) is 33.2 Å². The van der Waals surface area contributed by atoms with E-state index in [0.717, 1.165) is 23.9 Å². The van der Waals surface area contributed by atoms with Crippen molar-refractivity contribution in [1.29, 1.82) is 0 Å². The molecule has 0 unspecified atom stereocenters. The molecule has 0 radical (unpaired) electrons. The Labute approximate surface area is 152 Å². The Kier molecular flexibility index (Phi) is 5.39. The molecule has 3 rings (SSSR count). The van der Waals surface area contributed by atoms with Gasteiger partial charge in [-0.15, -0.1) is 0 Å². The van der Waals surface area contributed by atoms with Crippen molar-refractivity contribution in [2.24, 2.45) is 5.92 Å². The SMILES string of the molecule is CC(C)CCn1cc(CC(=O)Nc2ccncc2Cl)c2ccccc21. The van der Waals surface area contributed by atoms with Gasteiger partial charge in [-0.05, 0) is 30.0 Å². The second-order valence-electron chi connectivity index (χ2n) is 6.63. The van der Waals surface area contributed by atoms with Gasteiger partial charge in [0.25, 0.3) is 0 Å². The van der Waals surface area contributed by atoms with Gasteiger partial charge in [-0.2, -0.15) is 0 Å². The van der Waals surface area contributed by atoms with Crippen LogP contribution in [0.5, 0.6) is 0 Å². The van der Waals surface area contributed by atoms with Gasteiger partial charge in [0.1, 0.15) is 0 Å². The van der Waals surface area contributed by atoms with Crippen molar-refractivity contribution in [1.82, 2.24) is 9.55 Å². The molecule has 0 aliphatic rings. The molecule has 2 heterocycles. The molecule has 2 aromatic heterocycles. The zero-order valence-corrected chi connectivity index (χ0v) is 15.3. The summed E-state index contributed by atoms with van der Waals surface area (Å²) in [5.41, 5.74) is 2.79. The molecule has 3 aromatic rings. The average molecular weight is 356 g/mol. The molecule has 1 N–H and O–H groups in total. The van der Waals surface area contributed by atoms with Gasteiger partial charge in [-0.25, -0.2) is 0 Å². The van der Waals surface area contributed by atoms with Gasteiger partial charge in [0.05, 0.1) is 17.1 Å². The molecule has 130 valence electrons.